The first-order chi connectivity index (χ1) is 16.3. The van der Waals surface area contributed by atoms with Crippen LogP contribution in [0.15, 0.2) is 47.4 Å². The summed E-state index contributed by atoms with van der Waals surface area (Å²) in [6.45, 7) is 6.54. The lowest BCUT2D eigenvalue weighted by molar-refractivity contribution is -0.908. The summed E-state index contributed by atoms with van der Waals surface area (Å²) < 4.78 is 45.3. The molecule has 1 amide bonds. The molecule has 10 heteroatoms. The van der Waals surface area contributed by atoms with Gasteiger partial charge in [-0.3, -0.25) is 9.69 Å². The fourth-order valence-electron chi connectivity index (χ4n) is 3.95. The molecule has 1 fully saturated rings. The Bertz CT molecular complexity index is 1240. The molecule has 3 aromatic rings. The maximum absolute atomic E-state index is 13.7. The number of fused-ring (bicyclic) bond motifs is 1. The average molecular weight is 507 g/mol. The van der Waals surface area contributed by atoms with Crippen molar-refractivity contribution >= 4 is 42.4 Å². The summed E-state index contributed by atoms with van der Waals surface area (Å²) in [6, 6.07) is 11.0. The number of amides is 1. The summed E-state index contributed by atoms with van der Waals surface area (Å²) in [4.78, 5) is 21.0. The monoisotopic (exact) mass is 506 g/mol. The van der Waals surface area contributed by atoms with Gasteiger partial charge >= 0.3 is 0 Å². The summed E-state index contributed by atoms with van der Waals surface area (Å²) in [5.74, 6) is -0.938. The Hall–Kier alpha value is -2.40. The molecule has 0 bridgehead atoms. The molecule has 2 aromatic carbocycles. The second-order valence-corrected chi connectivity index (χ2v) is 11.6. The molecule has 2 heterocycles. The largest absolute Gasteiger partial charge is 0.370 e. The molecular weight excluding hydrogens is 477 g/mol. The van der Waals surface area contributed by atoms with E-state index in [1.54, 1.807) is 35.2 Å². The number of carbonyl (C=O) groups excluding carboxylic acids is 1. The minimum absolute atomic E-state index is 0.148. The van der Waals surface area contributed by atoms with Gasteiger partial charge in [-0.2, -0.15) is 0 Å². The lowest BCUT2D eigenvalue weighted by Gasteiger charge is -2.25. The molecule has 0 radical (unpaired) electrons. The zero-order valence-electron chi connectivity index (χ0n) is 19.1. The minimum atomic E-state index is -3.59. The maximum atomic E-state index is 13.7. The van der Waals surface area contributed by atoms with Crippen LogP contribution < -0.4 is 9.80 Å². The van der Waals surface area contributed by atoms with Crippen molar-refractivity contribution in [3.05, 3.63) is 53.8 Å². The number of aryl methyl sites for hydroxylation is 1. The Morgan fingerprint density at radius 3 is 2.65 bits per heavy atom. The first-order valence-electron chi connectivity index (χ1n) is 11.4. The van der Waals surface area contributed by atoms with Crippen molar-refractivity contribution in [2.75, 3.05) is 50.0 Å². The Morgan fingerprint density at radius 2 is 1.91 bits per heavy atom. The molecule has 4 rings (SSSR count). The van der Waals surface area contributed by atoms with Gasteiger partial charge in [0.15, 0.2) is 15.0 Å². The van der Waals surface area contributed by atoms with E-state index < -0.39 is 9.84 Å². The van der Waals surface area contributed by atoms with Crippen LogP contribution in [0.25, 0.3) is 10.2 Å². The molecule has 0 unspecified atom stereocenters. The summed E-state index contributed by atoms with van der Waals surface area (Å²) in [5, 5.41) is 0.468. The van der Waals surface area contributed by atoms with Crippen molar-refractivity contribution in [3.8, 4) is 0 Å². The van der Waals surface area contributed by atoms with Gasteiger partial charge in [-0.1, -0.05) is 29.0 Å². The molecular formula is C24H29FN3O4S2+. The van der Waals surface area contributed by atoms with Crippen LogP contribution in [0.3, 0.4) is 0 Å². The van der Waals surface area contributed by atoms with Crippen molar-refractivity contribution in [2.45, 2.75) is 24.7 Å². The van der Waals surface area contributed by atoms with Crippen LogP contribution >= 0.6 is 11.3 Å². The number of halogens is 1. The van der Waals surface area contributed by atoms with E-state index in [2.05, 4.69) is 4.98 Å². The van der Waals surface area contributed by atoms with Gasteiger partial charge in [0.05, 0.1) is 40.6 Å². The van der Waals surface area contributed by atoms with Gasteiger partial charge < -0.3 is 9.64 Å². The van der Waals surface area contributed by atoms with Crippen LogP contribution in [0.5, 0.6) is 0 Å². The Kier molecular flexibility index (Phi) is 7.92. The highest BCUT2D eigenvalue weighted by atomic mass is 32.2. The number of hydrogen-bond donors (Lipinski definition) is 1. The average Bonchev–Trinajstić information content (AvgIpc) is 3.24. The quantitative estimate of drug-likeness (QED) is 0.482. The molecule has 1 aromatic heterocycles. The Balaban J connectivity index is 1.48. The van der Waals surface area contributed by atoms with E-state index in [-0.39, 0.29) is 28.8 Å². The summed E-state index contributed by atoms with van der Waals surface area (Å²) in [7, 11) is -3.59. The number of rotatable bonds is 9. The predicted molar refractivity (Wildman–Crippen MR) is 131 cm³/mol. The van der Waals surface area contributed by atoms with E-state index in [4.69, 9.17) is 4.74 Å². The summed E-state index contributed by atoms with van der Waals surface area (Å²) >= 11 is 1.24. The van der Waals surface area contributed by atoms with E-state index in [9.17, 15) is 17.6 Å². The number of sulfone groups is 1. The van der Waals surface area contributed by atoms with Gasteiger partial charge in [-0.25, -0.2) is 17.8 Å². The van der Waals surface area contributed by atoms with Crippen molar-refractivity contribution in [2.24, 2.45) is 0 Å². The zero-order chi connectivity index (χ0) is 24.1. The number of thiazole rings is 1. The number of anilines is 1. The van der Waals surface area contributed by atoms with Gasteiger partial charge in [-0.15, -0.1) is 0 Å². The van der Waals surface area contributed by atoms with Crippen LogP contribution in [0.2, 0.25) is 0 Å². The number of carbonyl (C=O) groups is 1. The molecule has 182 valence electrons. The molecule has 1 N–H and O–H groups in total. The van der Waals surface area contributed by atoms with Gasteiger partial charge in [0.25, 0.3) is 0 Å². The first kappa shape index (κ1) is 24.7. The number of ether oxygens (including phenoxy) is 1. The van der Waals surface area contributed by atoms with E-state index in [0.29, 0.717) is 21.9 Å². The van der Waals surface area contributed by atoms with E-state index in [1.165, 1.54) is 28.4 Å². The molecule has 1 aliphatic heterocycles. The van der Waals surface area contributed by atoms with Crippen LogP contribution in [0, 0.1) is 12.7 Å². The second kappa shape index (κ2) is 10.9. The van der Waals surface area contributed by atoms with Crippen LogP contribution in [0.1, 0.15) is 18.4 Å². The van der Waals surface area contributed by atoms with Gasteiger partial charge in [0, 0.05) is 19.4 Å². The molecule has 0 atom stereocenters. The van der Waals surface area contributed by atoms with Crippen LogP contribution in [-0.2, 0) is 19.4 Å². The molecule has 34 heavy (non-hydrogen) atoms. The SMILES string of the molecule is Cc1ccc(S(=O)(=O)CCC(=O)N(CCC[NH+]2CCOCC2)c2nc3ccc(F)cc3s2)cc1. The normalized spacial score (nSPS) is 15.0. The third-order valence-corrected chi connectivity index (χ3v) is 8.72. The van der Waals surface area contributed by atoms with Crippen LogP contribution in [0.4, 0.5) is 9.52 Å². The number of quaternary nitrogens is 1. The second-order valence-electron chi connectivity index (χ2n) is 8.50. The summed E-state index contributed by atoms with van der Waals surface area (Å²) in [6.07, 6.45) is 0.598. The van der Waals surface area contributed by atoms with Crippen molar-refractivity contribution in [3.63, 3.8) is 0 Å². The Labute approximate surface area is 203 Å². The predicted octanol–water partition coefficient (Wildman–Crippen LogP) is 2.25. The topological polar surface area (TPSA) is 81.0 Å². The fraction of sp³-hybridized carbons (Fsp3) is 0.417. The zero-order valence-corrected chi connectivity index (χ0v) is 20.8. The Morgan fingerprint density at radius 1 is 1.18 bits per heavy atom. The number of nitrogens with zero attached hydrogens (tertiary/aromatic N) is 2. The fourth-order valence-corrected chi connectivity index (χ4v) is 6.21. The maximum Gasteiger partial charge on any atom is 0.229 e. The van der Waals surface area contributed by atoms with Crippen molar-refractivity contribution < 1.29 is 27.2 Å². The molecule has 0 aliphatic carbocycles. The lowest BCUT2D eigenvalue weighted by Crippen LogP contribution is -3.14. The number of benzene rings is 2. The summed E-state index contributed by atoms with van der Waals surface area (Å²) in [5.41, 5.74) is 1.58. The number of nitrogens with one attached hydrogen (secondary N) is 1. The van der Waals surface area contributed by atoms with E-state index in [0.717, 1.165) is 44.8 Å². The minimum Gasteiger partial charge on any atom is -0.370 e. The first-order valence-corrected chi connectivity index (χ1v) is 13.9. The standard InChI is InChI=1S/C24H28FN3O4S2/c1-18-3-6-20(7-4-18)34(30,31)16-9-23(29)28(11-2-10-27-12-14-32-15-13-27)24-26-21-8-5-19(25)17-22(21)33-24/h3-8,17H,2,9-16H2,1H3/p+1. The lowest BCUT2D eigenvalue weighted by atomic mass is 10.2. The smallest absolute Gasteiger partial charge is 0.229 e. The number of morpholine rings is 1. The molecule has 0 saturated carbocycles. The highest BCUT2D eigenvalue weighted by Gasteiger charge is 2.24. The van der Waals surface area contributed by atoms with Crippen LogP contribution in [-0.4, -0.2) is 64.5 Å². The highest BCUT2D eigenvalue weighted by molar-refractivity contribution is 7.91. The van der Waals surface area contributed by atoms with E-state index >= 15 is 0 Å². The number of hydrogen-bond acceptors (Lipinski definition) is 6. The highest BCUT2D eigenvalue weighted by Crippen LogP contribution is 2.30. The third-order valence-electron chi connectivity index (χ3n) is 5.95. The van der Waals surface area contributed by atoms with Gasteiger partial charge in [-0.05, 0) is 37.3 Å². The van der Waals surface area contributed by atoms with Gasteiger partial charge in [0.2, 0.25) is 5.91 Å². The van der Waals surface area contributed by atoms with Crippen molar-refractivity contribution in [1.82, 2.24) is 4.98 Å². The third kappa shape index (κ3) is 6.18. The molecule has 0 spiro atoms. The molecule has 1 aliphatic rings. The van der Waals surface area contributed by atoms with Gasteiger partial charge in [0.1, 0.15) is 18.9 Å². The molecule has 1 saturated heterocycles. The molecule has 7 nitrogen and oxygen atoms in total. The van der Waals surface area contributed by atoms with E-state index in [1.807, 2.05) is 6.92 Å². The number of aromatic nitrogens is 1. The van der Waals surface area contributed by atoms with Crippen molar-refractivity contribution in [1.29, 1.82) is 0 Å².